The molecule has 1 aliphatic heterocycles. The lowest BCUT2D eigenvalue weighted by atomic mass is 10.3. The molecule has 132 valence electrons. The summed E-state index contributed by atoms with van der Waals surface area (Å²) in [5.74, 6) is 1.09. The fourth-order valence-electron chi connectivity index (χ4n) is 1.98. The molecular formula is C18H16N3O3PS. The fraction of sp³-hybridized carbons (Fsp3) is 0. The standard InChI is InChI=1S/C18H16N3O3PS/c22-21-14-8-7-9-16(21)15-19-20-25(26,23-17-10-3-1-4-11-17)24-18-12-5-2-6-13-18/h1-15,22H/b16-15+,20-19?. The molecule has 6 nitrogen and oxygen atoms in total. The molecule has 0 atom stereocenters. The van der Waals surface area contributed by atoms with Gasteiger partial charge in [0.15, 0.2) is 0 Å². The molecule has 0 aliphatic carbocycles. The average molecular weight is 385 g/mol. The van der Waals surface area contributed by atoms with Crippen LogP contribution in [0.25, 0.3) is 0 Å². The molecule has 2 aromatic carbocycles. The van der Waals surface area contributed by atoms with Crippen molar-refractivity contribution < 1.29 is 14.3 Å². The SMILES string of the molecule is ON1C=CC=C/C1=C\N=NP(=S)(Oc1ccccc1)Oc1ccccc1. The van der Waals surface area contributed by atoms with E-state index in [2.05, 4.69) is 10.00 Å². The van der Waals surface area contributed by atoms with Gasteiger partial charge in [0.2, 0.25) is 0 Å². The van der Waals surface area contributed by atoms with Crippen LogP contribution in [0, 0.1) is 0 Å². The Morgan fingerprint density at radius 1 is 0.923 bits per heavy atom. The van der Waals surface area contributed by atoms with Gasteiger partial charge in [0, 0.05) is 18.0 Å². The number of rotatable bonds is 6. The molecule has 0 unspecified atom stereocenters. The third-order valence-corrected chi connectivity index (χ3v) is 5.02. The van der Waals surface area contributed by atoms with E-state index in [1.165, 1.54) is 12.4 Å². The maximum Gasteiger partial charge on any atom is 0.432 e. The molecule has 0 amide bonds. The third kappa shape index (κ3) is 5.13. The average Bonchev–Trinajstić information content (AvgIpc) is 2.65. The van der Waals surface area contributed by atoms with Crippen molar-refractivity contribution in [1.29, 1.82) is 0 Å². The minimum Gasteiger partial charge on any atom is -0.418 e. The second-order valence-electron chi connectivity index (χ2n) is 5.08. The molecule has 1 heterocycles. The van der Waals surface area contributed by atoms with E-state index >= 15 is 0 Å². The summed E-state index contributed by atoms with van der Waals surface area (Å²) >= 11 is 5.53. The van der Waals surface area contributed by atoms with E-state index in [1.54, 1.807) is 42.5 Å². The van der Waals surface area contributed by atoms with Gasteiger partial charge in [-0.1, -0.05) is 47.4 Å². The van der Waals surface area contributed by atoms with Gasteiger partial charge in [0.25, 0.3) is 0 Å². The van der Waals surface area contributed by atoms with Gasteiger partial charge in [-0.2, -0.15) is 5.11 Å². The Bertz CT molecular complexity index is 853. The minimum atomic E-state index is -3.15. The zero-order valence-corrected chi connectivity index (χ0v) is 15.3. The largest absolute Gasteiger partial charge is 0.432 e. The first-order valence-corrected chi connectivity index (χ1v) is 10.3. The van der Waals surface area contributed by atoms with Gasteiger partial charge in [0.1, 0.15) is 11.5 Å². The first kappa shape index (κ1) is 18.1. The van der Waals surface area contributed by atoms with Gasteiger partial charge in [0.05, 0.1) is 11.9 Å². The summed E-state index contributed by atoms with van der Waals surface area (Å²) in [6, 6.07) is 18.2. The molecule has 0 aromatic heterocycles. The van der Waals surface area contributed by atoms with E-state index in [1.807, 2.05) is 36.4 Å². The molecule has 0 fully saturated rings. The minimum absolute atomic E-state index is 0.442. The number of hydroxylamine groups is 2. The summed E-state index contributed by atoms with van der Waals surface area (Å²) in [6.45, 7) is -3.15. The van der Waals surface area contributed by atoms with Crippen LogP contribution >= 0.6 is 6.64 Å². The van der Waals surface area contributed by atoms with Crippen molar-refractivity contribution in [3.63, 3.8) is 0 Å². The van der Waals surface area contributed by atoms with Crippen molar-refractivity contribution >= 4 is 18.4 Å². The fourth-order valence-corrected chi connectivity index (χ4v) is 3.69. The Morgan fingerprint density at radius 3 is 2.04 bits per heavy atom. The number of benzene rings is 2. The van der Waals surface area contributed by atoms with Gasteiger partial charge < -0.3 is 9.05 Å². The van der Waals surface area contributed by atoms with Crippen molar-refractivity contribution in [2.75, 3.05) is 0 Å². The van der Waals surface area contributed by atoms with Crippen LogP contribution in [0.2, 0.25) is 0 Å². The molecule has 0 saturated carbocycles. The molecule has 0 spiro atoms. The molecule has 1 aliphatic rings. The highest BCUT2D eigenvalue weighted by molar-refractivity contribution is 8.09. The second-order valence-corrected chi connectivity index (χ2v) is 7.95. The summed E-state index contributed by atoms with van der Waals surface area (Å²) in [5.41, 5.74) is 0.442. The first-order valence-electron chi connectivity index (χ1n) is 7.69. The molecule has 1 N–H and O–H groups in total. The zero-order chi connectivity index (χ0) is 18.2. The lowest BCUT2D eigenvalue weighted by Crippen LogP contribution is -2.10. The van der Waals surface area contributed by atoms with Gasteiger partial charge in [-0.05, 0) is 36.4 Å². The van der Waals surface area contributed by atoms with E-state index in [-0.39, 0.29) is 0 Å². The molecule has 0 saturated heterocycles. The van der Waals surface area contributed by atoms with Crippen LogP contribution in [-0.4, -0.2) is 10.3 Å². The van der Waals surface area contributed by atoms with E-state index < -0.39 is 6.64 Å². The zero-order valence-electron chi connectivity index (χ0n) is 13.6. The van der Waals surface area contributed by atoms with Crippen LogP contribution in [0.5, 0.6) is 11.5 Å². The van der Waals surface area contributed by atoms with Crippen LogP contribution in [0.15, 0.2) is 107 Å². The van der Waals surface area contributed by atoms with E-state index in [0.717, 1.165) is 5.06 Å². The summed E-state index contributed by atoms with van der Waals surface area (Å²) in [4.78, 5) is 4.11. The van der Waals surface area contributed by atoms with Crippen molar-refractivity contribution in [3.05, 3.63) is 97.0 Å². The summed E-state index contributed by atoms with van der Waals surface area (Å²) in [6.07, 6.45) is 8.00. The summed E-state index contributed by atoms with van der Waals surface area (Å²) < 4.78 is 11.7. The highest BCUT2D eigenvalue weighted by atomic mass is 32.5. The number of hydrogen-bond donors (Lipinski definition) is 1. The maximum atomic E-state index is 9.71. The number of allylic oxidation sites excluding steroid dienone is 3. The highest BCUT2D eigenvalue weighted by Gasteiger charge is 2.22. The Balaban J connectivity index is 1.83. The lowest BCUT2D eigenvalue weighted by Gasteiger charge is -2.18. The Kier molecular flexibility index (Phi) is 5.96. The van der Waals surface area contributed by atoms with Crippen molar-refractivity contribution in [3.8, 4) is 11.5 Å². The number of para-hydroxylation sites is 2. The summed E-state index contributed by atoms with van der Waals surface area (Å²) in [7, 11) is 0. The van der Waals surface area contributed by atoms with Gasteiger partial charge in [-0.3, -0.25) is 5.21 Å². The molecular weight excluding hydrogens is 369 g/mol. The molecule has 2 aromatic rings. The molecule has 0 bridgehead atoms. The van der Waals surface area contributed by atoms with Crippen LogP contribution in [0.3, 0.4) is 0 Å². The van der Waals surface area contributed by atoms with Crippen LogP contribution in [0.1, 0.15) is 0 Å². The Labute approximate surface area is 156 Å². The first-order chi connectivity index (χ1) is 12.6. The summed E-state index contributed by atoms with van der Waals surface area (Å²) in [5, 5.41) is 14.6. The van der Waals surface area contributed by atoms with Crippen LogP contribution in [0.4, 0.5) is 0 Å². The molecule has 8 heteroatoms. The predicted molar refractivity (Wildman–Crippen MR) is 103 cm³/mol. The number of nitrogens with zero attached hydrogens (tertiary/aromatic N) is 3. The topological polar surface area (TPSA) is 66.7 Å². The monoisotopic (exact) mass is 385 g/mol. The molecule has 3 rings (SSSR count). The van der Waals surface area contributed by atoms with E-state index in [4.69, 9.17) is 20.9 Å². The predicted octanol–water partition coefficient (Wildman–Crippen LogP) is 5.44. The van der Waals surface area contributed by atoms with Crippen molar-refractivity contribution in [2.45, 2.75) is 0 Å². The van der Waals surface area contributed by atoms with E-state index in [0.29, 0.717) is 17.2 Å². The molecule has 26 heavy (non-hydrogen) atoms. The highest BCUT2D eigenvalue weighted by Crippen LogP contribution is 2.50. The van der Waals surface area contributed by atoms with Crippen LogP contribution in [-0.2, 0) is 11.8 Å². The van der Waals surface area contributed by atoms with Crippen molar-refractivity contribution in [1.82, 2.24) is 5.06 Å². The van der Waals surface area contributed by atoms with Crippen LogP contribution < -0.4 is 9.05 Å². The van der Waals surface area contributed by atoms with Gasteiger partial charge >= 0.3 is 6.64 Å². The van der Waals surface area contributed by atoms with E-state index in [9.17, 15) is 5.21 Å². The second kappa shape index (κ2) is 8.58. The quantitative estimate of drug-likeness (QED) is 0.530. The smallest absolute Gasteiger partial charge is 0.418 e. The Hall–Kier alpha value is -2.73. The van der Waals surface area contributed by atoms with Crippen molar-refractivity contribution in [2.24, 2.45) is 10.00 Å². The third-order valence-electron chi connectivity index (χ3n) is 3.15. The normalized spacial score (nSPS) is 15.6. The lowest BCUT2D eigenvalue weighted by molar-refractivity contribution is -0.000514. The number of hydrogen-bond acceptors (Lipinski definition) is 6. The van der Waals surface area contributed by atoms with Gasteiger partial charge in [-0.25, -0.2) is 5.06 Å². The Morgan fingerprint density at radius 2 is 1.50 bits per heavy atom. The molecule has 0 radical (unpaired) electrons. The van der Waals surface area contributed by atoms with Gasteiger partial charge in [-0.15, -0.1) is 0 Å². The maximum absolute atomic E-state index is 9.71.